The zero-order chi connectivity index (χ0) is 15.1. The molecule has 0 saturated carbocycles. The van der Waals surface area contributed by atoms with Crippen molar-refractivity contribution < 1.29 is 9.59 Å². The Hall–Kier alpha value is -1.46. The number of carbonyl (C=O) groups is 2. The first-order chi connectivity index (χ1) is 9.21. The van der Waals surface area contributed by atoms with Crippen LogP contribution in [0.3, 0.4) is 0 Å². The Morgan fingerprint density at radius 2 is 1.85 bits per heavy atom. The lowest BCUT2D eigenvalue weighted by molar-refractivity contribution is -0.132. The molecular weight excluding hydrogens is 296 g/mol. The highest BCUT2D eigenvalue weighted by Crippen LogP contribution is 2.36. The maximum atomic E-state index is 12.3. The number of amides is 2. The highest BCUT2D eigenvalue weighted by Gasteiger charge is 2.39. The molecule has 2 rings (SSSR count). The molecule has 6 heteroatoms. The van der Waals surface area contributed by atoms with Gasteiger partial charge in [-0.3, -0.25) is 9.59 Å². The van der Waals surface area contributed by atoms with Crippen LogP contribution in [0.2, 0.25) is 5.02 Å². The van der Waals surface area contributed by atoms with Gasteiger partial charge in [0.25, 0.3) is 0 Å². The molecular formula is C14H15ClN2O2S. The van der Waals surface area contributed by atoms with Gasteiger partial charge in [-0.1, -0.05) is 37.7 Å². The van der Waals surface area contributed by atoms with E-state index in [2.05, 4.69) is 0 Å². The zero-order valence-corrected chi connectivity index (χ0v) is 12.8. The van der Waals surface area contributed by atoms with Crippen LogP contribution in [0.4, 0.5) is 5.69 Å². The van der Waals surface area contributed by atoms with Crippen LogP contribution in [0.25, 0.3) is 0 Å². The second-order valence-electron chi connectivity index (χ2n) is 5.67. The first-order valence-electron chi connectivity index (χ1n) is 6.16. The van der Waals surface area contributed by atoms with Gasteiger partial charge < -0.3 is 5.73 Å². The molecule has 2 N–H and O–H groups in total. The zero-order valence-electron chi connectivity index (χ0n) is 11.3. The van der Waals surface area contributed by atoms with E-state index in [1.807, 2.05) is 13.8 Å². The maximum absolute atomic E-state index is 12.3. The van der Waals surface area contributed by atoms with Gasteiger partial charge in [-0.25, -0.2) is 4.90 Å². The number of nitrogens with zero attached hydrogens (tertiary/aromatic N) is 1. The molecule has 1 fully saturated rings. The minimum absolute atomic E-state index is 0.127. The van der Waals surface area contributed by atoms with Crippen molar-refractivity contribution in [2.45, 2.75) is 26.7 Å². The van der Waals surface area contributed by atoms with Gasteiger partial charge in [0.1, 0.15) is 4.99 Å². The molecule has 0 bridgehead atoms. The summed E-state index contributed by atoms with van der Waals surface area (Å²) < 4.78 is 0. The number of piperidine rings is 1. The van der Waals surface area contributed by atoms with E-state index in [4.69, 9.17) is 29.6 Å². The molecule has 1 saturated heterocycles. The minimum atomic E-state index is -0.327. The summed E-state index contributed by atoms with van der Waals surface area (Å²) in [6.07, 6.45) is 0.587. The third-order valence-corrected chi connectivity index (χ3v) is 3.68. The Labute approximate surface area is 127 Å². The lowest BCUT2D eigenvalue weighted by Crippen LogP contribution is -2.47. The van der Waals surface area contributed by atoms with Crippen molar-refractivity contribution in [2.24, 2.45) is 11.1 Å². The summed E-state index contributed by atoms with van der Waals surface area (Å²) in [6, 6.07) is 4.80. The molecule has 1 aromatic rings. The number of rotatable bonds is 2. The number of benzene rings is 1. The quantitative estimate of drug-likeness (QED) is 0.674. The Kier molecular flexibility index (Phi) is 3.84. The molecule has 4 nitrogen and oxygen atoms in total. The molecule has 1 aliphatic rings. The van der Waals surface area contributed by atoms with E-state index < -0.39 is 0 Å². The number of imide groups is 1. The lowest BCUT2D eigenvalue weighted by Gasteiger charge is -2.35. The third kappa shape index (κ3) is 2.83. The summed E-state index contributed by atoms with van der Waals surface area (Å²) in [5.74, 6) is -0.517. The number of thiocarbonyl (C=S) groups is 1. The molecule has 1 aromatic carbocycles. The fraction of sp³-hybridized carbons (Fsp3) is 0.357. The van der Waals surface area contributed by atoms with E-state index in [0.29, 0.717) is 29.1 Å². The fourth-order valence-corrected chi connectivity index (χ4v) is 2.68. The van der Waals surface area contributed by atoms with Crippen molar-refractivity contribution in [1.82, 2.24) is 0 Å². The van der Waals surface area contributed by atoms with Crippen molar-refractivity contribution in [3.63, 3.8) is 0 Å². The van der Waals surface area contributed by atoms with Gasteiger partial charge in [-0.15, -0.1) is 0 Å². The Morgan fingerprint density at radius 3 is 2.35 bits per heavy atom. The Morgan fingerprint density at radius 1 is 1.30 bits per heavy atom. The van der Waals surface area contributed by atoms with E-state index in [-0.39, 0.29) is 22.2 Å². The van der Waals surface area contributed by atoms with E-state index in [0.717, 1.165) is 4.90 Å². The predicted molar refractivity (Wildman–Crippen MR) is 82.8 cm³/mol. The Balaban J connectivity index is 2.51. The average molecular weight is 311 g/mol. The molecule has 0 spiro atoms. The molecule has 20 heavy (non-hydrogen) atoms. The molecule has 1 heterocycles. The summed E-state index contributed by atoms with van der Waals surface area (Å²) in [5.41, 5.74) is 6.18. The molecule has 0 atom stereocenters. The van der Waals surface area contributed by atoms with E-state index in [1.165, 1.54) is 0 Å². The number of halogens is 1. The third-order valence-electron chi connectivity index (χ3n) is 3.22. The number of nitrogens with two attached hydrogens (primary N) is 1. The van der Waals surface area contributed by atoms with Crippen LogP contribution in [0.15, 0.2) is 18.2 Å². The van der Waals surface area contributed by atoms with Gasteiger partial charge in [0.2, 0.25) is 11.8 Å². The summed E-state index contributed by atoms with van der Waals surface area (Å²) in [4.78, 5) is 25.8. The molecule has 0 unspecified atom stereocenters. The molecule has 106 valence electrons. The SMILES string of the molecule is CC1(C)CC(=O)N(c2cc(Cl)ccc2C(N)=S)C(=O)C1. The van der Waals surface area contributed by atoms with Crippen molar-refractivity contribution in [3.05, 3.63) is 28.8 Å². The smallest absolute Gasteiger partial charge is 0.234 e. The van der Waals surface area contributed by atoms with Crippen molar-refractivity contribution in [2.75, 3.05) is 4.90 Å². The van der Waals surface area contributed by atoms with Crippen LogP contribution in [-0.2, 0) is 9.59 Å². The summed E-state index contributed by atoms with van der Waals surface area (Å²) >= 11 is 10.9. The van der Waals surface area contributed by atoms with Crippen LogP contribution >= 0.6 is 23.8 Å². The van der Waals surface area contributed by atoms with Crippen LogP contribution in [0.5, 0.6) is 0 Å². The standard InChI is InChI=1S/C14H15ClN2O2S/c1-14(2)6-11(18)17(12(19)7-14)10-5-8(15)3-4-9(10)13(16)20/h3-5H,6-7H2,1-2H3,(H2,16,20). The van der Waals surface area contributed by atoms with Gasteiger partial charge in [-0.2, -0.15) is 0 Å². The van der Waals surface area contributed by atoms with Crippen LogP contribution < -0.4 is 10.6 Å². The number of anilines is 1. The summed E-state index contributed by atoms with van der Waals surface area (Å²) in [7, 11) is 0. The second-order valence-corrected chi connectivity index (χ2v) is 6.54. The second kappa shape index (κ2) is 5.14. The van der Waals surface area contributed by atoms with Crippen molar-refractivity contribution >= 4 is 46.3 Å². The molecule has 0 radical (unpaired) electrons. The molecule has 1 aliphatic heterocycles. The molecule has 0 aliphatic carbocycles. The summed E-state index contributed by atoms with van der Waals surface area (Å²) in [5, 5.41) is 0.422. The number of hydrogen-bond acceptors (Lipinski definition) is 3. The highest BCUT2D eigenvalue weighted by molar-refractivity contribution is 7.80. The number of carbonyl (C=O) groups excluding carboxylic acids is 2. The Bertz CT molecular complexity index is 593. The van der Waals surface area contributed by atoms with Crippen LogP contribution in [0.1, 0.15) is 32.3 Å². The lowest BCUT2D eigenvalue weighted by atomic mass is 9.81. The van der Waals surface area contributed by atoms with E-state index in [9.17, 15) is 9.59 Å². The topological polar surface area (TPSA) is 63.4 Å². The van der Waals surface area contributed by atoms with Gasteiger partial charge in [-0.05, 0) is 23.6 Å². The minimum Gasteiger partial charge on any atom is -0.389 e. The average Bonchev–Trinajstić information content (AvgIpc) is 2.25. The van der Waals surface area contributed by atoms with E-state index in [1.54, 1.807) is 18.2 Å². The van der Waals surface area contributed by atoms with Gasteiger partial charge in [0, 0.05) is 23.4 Å². The molecule has 2 amide bonds. The highest BCUT2D eigenvalue weighted by atomic mass is 35.5. The normalized spacial score (nSPS) is 18.2. The van der Waals surface area contributed by atoms with Crippen molar-refractivity contribution in [3.8, 4) is 0 Å². The maximum Gasteiger partial charge on any atom is 0.234 e. The van der Waals surface area contributed by atoms with Gasteiger partial charge in [0.15, 0.2) is 0 Å². The van der Waals surface area contributed by atoms with Crippen LogP contribution in [0, 0.1) is 5.41 Å². The largest absolute Gasteiger partial charge is 0.389 e. The first kappa shape index (κ1) is 14.9. The van der Waals surface area contributed by atoms with Gasteiger partial charge >= 0.3 is 0 Å². The monoisotopic (exact) mass is 310 g/mol. The van der Waals surface area contributed by atoms with Gasteiger partial charge in [0.05, 0.1) is 5.69 Å². The predicted octanol–water partition coefficient (Wildman–Crippen LogP) is 2.65. The van der Waals surface area contributed by atoms with Crippen LogP contribution in [-0.4, -0.2) is 16.8 Å². The van der Waals surface area contributed by atoms with Crippen molar-refractivity contribution in [1.29, 1.82) is 0 Å². The number of hydrogen-bond donors (Lipinski definition) is 1. The summed E-state index contributed by atoms with van der Waals surface area (Å²) in [6.45, 7) is 3.79. The molecule has 0 aromatic heterocycles. The van der Waals surface area contributed by atoms with E-state index >= 15 is 0 Å². The first-order valence-corrected chi connectivity index (χ1v) is 6.95. The fourth-order valence-electron chi connectivity index (χ4n) is 2.35.